The number of hydrogen-bond acceptors (Lipinski definition) is 5. The Morgan fingerprint density at radius 2 is 1.94 bits per heavy atom. The Morgan fingerprint density at radius 3 is 2.53 bits per heavy atom. The molecule has 0 bridgehead atoms. The van der Waals surface area contributed by atoms with E-state index in [0.717, 1.165) is 0 Å². The van der Waals surface area contributed by atoms with Crippen LogP contribution in [-0.2, 0) is 19.2 Å². The number of amides is 1. The third-order valence-electron chi connectivity index (χ3n) is 5.91. The van der Waals surface area contributed by atoms with Gasteiger partial charge in [-0.25, -0.2) is 4.98 Å². The number of fused-ring (bicyclic) bond motifs is 1. The Labute approximate surface area is 197 Å². The van der Waals surface area contributed by atoms with E-state index in [1.54, 1.807) is 38.2 Å². The smallest absolute Gasteiger partial charge is 0.374 e. The minimum absolute atomic E-state index is 0.0161. The molecule has 1 N–H and O–H groups in total. The van der Waals surface area contributed by atoms with E-state index in [1.807, 2.05) is 6.07 Å². The van der Waals surface area contributed by atoms with Crippen LogP contribution in [0.4, 0.5) is 13.2 Å². The number of carbonyl (C=O) groups excluding carboxylic acids is 1. The molecule has 0 saturated carbocycles. The summed E-state index contributed by atoms with van der Waals surface area (Å²) in [7, 11) is 1.57. The first kappa shape index (κ1) is 23.8. The number of halogens is 4. The predicted octanol–water partition coefficient (Wildman–Crippen LogP) is 3.80. The molecule has 34 heavy (non-hydrogen) atoms. The lowest BCUT2D eigenvalue weighted by molar-refractivity contribution is -0.263. The van der Waals surface area contributed by atoms with Crippen molar-refractivity contribution in [2.24, 2.45) is 7.05 Å². The number of alkyl halides is 3. The standard InChI is InChI=1S/C22H20ClF3N6O2/c1-12-10-31(11-15-9-28-20(32(12)15)21(2,34)22(24,25)26)19(33)18-16(23)17(29-30(18)3)14-6-4-13(8-27)5-7-14/h4-7,9,12,34H,10-11H2,1-3H3/t12-,21?/m0/s1. The number of imidazole rings is 1. The Bertz CT molecular complexity index is 1300. The number of aryl methyl sites for hydroxylation is 1. The Hall–Kier alpha value is -3.36. The number of aliphatic hydroxyl groups is 1. The van der Waals surface area contributed by atoms with Crippen LogP contribution in [0.2, 0.25) is 5.02 Å². The van der Waals surface area contributed by atoms with Gasteiger partial charge in [0, 0.05) is 19.2 Å². The van der Waals surface area contributed by atoms with E-state index in [1.165, 1.54) is 20.3 Å². The number of aromatic nitrogens is 4. The topological polar surface area (TPSA) is 100.0 Å². The first-order valence-electron chi connectivity index (χ1n) is 10.2. The van der Waals surface area contributed by atoms with E-state index in [2.05, 4.69) is 10.1 Å². The second-order valence-corrected chi connectivity index (χ2v) is 8.75. The molecule has 1 aliphatic heterocycles. The lowest BCUT2D eigenvalue weighted by Crippen LogP contribution is -2.46. The molecule has 0 saturated heterocycles. The fraction of sp³-hybridized carbons (Fsp3) is 0.364. The fourth-order valence-electron chi connectivity index (χ4n) is 4.07. The van der Waals surface area contributed by atoms with Gasteiger partial charge < -0.3 is 14.6 Å². The molecule has 0 spiro atoms. The quantitative estimate of drug-likeness (QED) is 0.599. The molecule has 0 aliphatic carbocycles. The van der Waals surface area contributed by atoms with E-state index in [4.69, 9.17) is 16.9 Å². The molecule has 2 atom stereocenters. The molecule has 8 nitrogen and oxygen atoms in total. The predicted molar refractivity (Wildman–Crippen MR) is 116 cm³/mol. The van der Waals surface area contributed by atoms with Gasteiger partial charge in [0.25, 0.3) is 5.91 Å². The molecule has 1 aliphatic rings. The number of rotatable bonds is 3. The minimum atomic E-state index is -4.91. The van der Waals surface area contributed by atoms with Crippen molar-refractivity contribution in [2.75, 3.05) is 6.54 Å². The van der Waals surface area contributed by atoms with Gasteiger partial charge in [0.1, 0.15) is 11.4 Å². The van der Waals surface area contributed by atoms with Crippen molar-refractivity contribution in [1.29, 1.82) is 5.26 Å². The van der Waals surface area contributed by atoms with Crippen LogP contribution < -0.4 is 0 Å². The van der Waals surface area contributed by atoms with Crippen molar-refractivity contribution >= 4 is 17.5 Å². The summed E-state index contributed by atoms with van der Waals surface area (Å²) in [5, 5.41) is 23.6. The zero-order chi connectivity index (χ0) is 25.0. The van der Waals surface area contributed by atoms with E-state index < -0.39 is 29.6 Å². The van der Waals surface area contributed by atoms with Crippen molar-refractivity contribution in [3.63, 3.8) is 0 Å². The van der Waals surface area contributed by atoms with Crippen molar-refractivity contribution in [2.45, 2.75) is 38.2 Å². The lowest BCUT2D eigenvalue weighted by Gasteiger charge is -2.36. The second-order valence-electron chi connectivity index (χ2n) is 8.37. The molecule has 2 aromatic heterocycles. The Kier molecular flexibility index (Phi) is 5.70. The molecule has 0 fully saturated rings. The fourth-order valence-corrected chi connectivity index (χ4v) is 4.42. The van der Waals surface area contributed by atoms with Crippen molar-refractivity contribution < 1.29 is 23.1 Å². The maximum Gasteiger partial charge on any atom is 0.424 e. The van der Waals surface area contributed by atoms with Crippen molar-refractivity contribution in [3.05, 3.63) is 58.3 Å². The molecule has 0 radical (unpaired) electrons. The Morgan fingerprint density at radius 1 is 1.29 bits per heavy atom. The first-order valence-corrected chi connectivity index (χ1v) is 10.6. The summed E-state index contributed by atoms with van der Waals surface area (Å²) in [6.45, 7) is 2.37. The van der Waals surface area contributed by atoms with Crippen LogP contribution in [0.5, 0.6) is 0 Å². The molecule has 12 heteroatoms. The molecule has 4 rings (SSSR count). The molecule has 1 aromatic carbocycles. The van der Waals surface area contributed by atoms with Gasteiger partial charge >= 0.3 is 6.18 Å². The van der Waals surface area contributed by atoms with Gasteiger partial charge in [0.05, 0.1) is 41.1 Å². The van der Waals surface area contributed by atoms with Crippen LogP contribution >= 0.6 is 11.6 Å². The summed E-state index contributed by atoms with van der Waals surface area (Å²) in [6, 6.07) is 8.03. The highest BCUT2D eigenvalue weighted by atomic mass is 35.5. The summed E-state index contributed by atoms with van der Waals surface area (Å²) in [6.07, 6.45) is -3.68. The van der Waals surface area contributed by atoms with Gasteiger partial charge in [-0.2, -0.15) is 23.5 Å². The van der Waals surface area contributed by atoms with Crippen LogP contribution in [0.15, 0.2) is 30.5 Å². The summed E-state index contributed by atoms with van der Waals surface area (Å²) in [5.41, 5.74) is -1.18. The number of benzene rings is 1. The van der Waals surface area contributed by atoms with Gasteiger partial charge in [-0.1, -0.05) is 23.7 Å². The van der Waals surface area contributed by atoms with Gasteiger partial charge in [0.2, 0.25) is 5.60 Å². The van der Waals surface area contributed by atoms with Crippen LogP contribution in [0.3, 0.4) is 0 Å². The highest BCUT2D eigenvalue weighted by Gasteiger charge is 2.55. The van der Waals surface area contributed by atoms with Crippen LogP contribution in [-0.4, -0.2) is 48.0 Å². The average Bonchev–Trinajstić information content (AvgIpc) is 3.34. The summed E-state index contributed by atoms with van der Waals surface area (Å²) in [4.78, 5) is 18.7. The van der Waals surface area contributed by atoms with E-state index in [0.29, 0.717) is 29.4 Å². The molecular weight excluding hydrogens is 473 g/mol. The largest absolute Gasteiger partial charge is 0.424 e. The SMILES string of the molecule is C[C@H]1CN(C(=O)c2c(Cl)c(-c3ccc(C#N)cc3)nn2C)Cc2cnc(C(C)(O)C(F)(F)F)n21. The third-order valence-corrected chi connectivity index (χ3v) is 6.26. The van der Waals surface area contributed by atoms with Gasteiger partial charge in [-0.05, 0) is 26.0 Å². The lowest BCUT2D eigenvalue weighted by atomic mass is 10.0. The summed E-state index contributed by atoms with van der Waals surface area (Å²) < 4.78 is 42.8. The average molecular weight is 493 g/mol. The summed E-state index contributed by atoms with van der Waals surface area (Å²) in [5.74, 6) is -0.959. The number of carbonyl (C=O) groups is 1. The molecule has 3 aromatic rings. The second kappa shape index (κ2) is 8.14. The molecule has 1 unspecified atom stereocenters. The third kappa shape index (κ3) is 3.73. The molecular formula is C22H20ClF3N6O2. The number of nitrogens with zero attached hydrogens (tertiary/aromatic N) is 6. The van der Waals surface area contributed by atoms with Gasteiger partial charge in [0.15, 0.2) is 5.82 Å². The van der Waals surface area contributed by atoms with Gasteiger partial charge in [-0.15, -0.1) is 0 Å². The van der Waals surface area contributed by atoms with Crippen LogP contribution in [0, 0.1) is 11.3 Å². The maximum absolute atomic E-state index is 13.4. The van der Waals surface area contributed by atoms with E-state index in [9.17, 15) is 23.1 Å². The molecule has 1 amide bonds. The zero-order valence-electron chi connectivity index (χ0n) is 18.4. The highest BCUT2D eigenvalue weighted by molar-refractivity contribution is 6.36. The summed E-state index contributed by atoms with van der Waals surface area (Å²) >= 11 is 6.53. The zero-order valence-corrected chi connectivity index (χ0v) is 19.2. The number of nitriles is 1. The molecule has 178 valence electrons. The normalized spacial score (nSPS) is 17.7. The van der Waals surface area contributed by atoms with Crippen molar-refractivity contribution in [3.8, 4) is 17.3 Å². The highest BCUT2D eigenvalue weighted by Crippen LogP contribution is 2.40. The minimum Gasteiger partial charge on any atom is -0.374 e. The van der Waals surface area contributed by atoms with Crippen molar-refractivity contribution in [1.82, 2.24) is 24.2 Å². The first-order chi connectivity index (χ1) is 15.9. The maximum atomic E-state index is 13.4. The van der Waals surface area contributed by atoms with E-state index >= 15 is 0 Å². The van der Waals surface area contributed by atoms with Gasteiger partial charge in [-0.3, -0.25) is 9.48 Å². The van der Waals surface area contributed by atoms with Crippen LogP contribution in [0.25, 0.3) is 11.3 Å². The van der Waals surface area contributed by atoms with E-state index in [-0.39, 0.29) is 23.8 Å². The molecule has 3 heterocycles. The monoisotopic (exact) mass is 492 g/mol. The van der Waals surface area contributed by atoms with Crippen LogP contribution in [0.1, 0.15) is 47.5 Å². The number of hydrogen-bond donors (Lipinski definition) is 1. The Balaban J connectivity index is 1.65.